The van der Waals surface area contributed by atoms with Gasteiger partial charge in [0.15, 0.2) is 17.2 Å². The van der Waals surface area contributed by atoms with Crippen molar-refractivity contribution in [2.75, 3.05) is 13.2 Å². The number of carbonyl (C=O) groups is 5. The van der Waals surface area contributed by atoms with E-state index in [9.17, 15) is 34.2 Å². The molecule has 118 heavy (non-hydrogen) atoms. The fraction of sp³-hybridized carbons (Fsp3) is 0.344. The number of aldehydes is 1. The lowest BCUT2D eigenvalue weighted by molar-refractivity contribution is -0.126. The number of Topliss-reactive ketones (excluding diaryl/α,β-unsaturated/α-hetero) is 2. The van der Waals surface area contributed by atoms with E-state index in [2.05, 4.69) is 25.8 Å². The number of carbonyl (C=O) groups excluding carboxylic acids is 5. The largest absolute Gasteiger partial charge is 0.462 e. The van der Waals surface area contributed by atoms with Crippen LogP contribution >= 0.6 is 92.8 Å². The number of aromatic nitrogens is 3. The highest BCUT2D eigenvalue weighted by Crippen LogP contribution is 2.49. The fourth-order valence-electron chi connectivity index (χ4n) is 13.3. The maximum Gasteiger partial charge on any atom is 0.410 e. The minimum absolute atomic E-state index is 0. The molecule has 1 aliphatic heterocycles. The SMILES string of the molecule is CC(=O)CC(=O)C1CC1.CCOC(=O)c1c(-c2c(C)cccc2Cl)noc1C1CC1.Cc1cccc(Cl)c1-c1noc(C2CC2)c1CCl.Cc1cccc(Cl)c1-c1noc(C2CC2)c1CO.Cc1cccc(Cl)c1/C(Cl)=N/O.Cc1cccc(Cl)c1/C=N/O.Cc1cccc(Cl)c1C=O.O=C(OCc1ccccc1)N1C[C@@H]2C[C@H]1C[C@H]2O.[CH3-]. The fourth-order valence-corrected chi connectivity index (χ4v) is 15.6. The van der Waals surface area contributed by atoms with Crippen molar-refractivity contribution in [3.63, 3.8) is 0 Å². The topological polar surface area (TPSA) is 291 Å². The van der Waals surface area contributed by atoms with Crippen LogP contribution in [0.1, 0.15) is 201 Å². The third-order valence-corrected chi connectivity index (χ3v) is 22.6. The minimum atomic E-state index is -0.394. The van der Waals surface area contributed by atoms with Crippen LogP contribution in [0.4, 0.5) is 4.79 Å². The van der Waals surface area contributed by atoms with Gasteiger partial charge in [-0.1, -0.05) is 210 Å². The number of aryl methyl sites for hydroxylation is 6. The Hall–Kier alpha value is -8.90. The van der Waals surface area contributed by atoms with Gasteiger partial charge in [-0.2, -0.15) is 0 Å². The maximum atomic E-state index is 12.3. The lowest BCUT2D eigenvalue weighted by Crippen LogP contribution is -2.41. The summed E-state index contributed by atoms with van der Waals surface area (Å²) < 4.78 is 26.8. The van der Waals surface area contributed by atoms with Crippen molar-refractivity contribution in [1.29, 1.82) is 0 Å². The summed E-state index contributed by atoms with van der Waals surface area (Å²) in [6.45, 7) is 16.0. The number of rotatable bonds is 18. The third-order valence-electron chi connectivity index (χ3n) is 20.1. The third kappa shape index (κ3) is 25.6. The molecule has 6 aliphatic rings. The van der Waals surface area contributed by atoms with Gasteiger partial charge in [0.1, 0.15) is 52.3 Å². The van der Waals surface area contributed by atoms with Gasteiger partial charge in [-0.05, 0) is 195 Å². The number of aliphatic hydroxyl groups excluding tert-OH is 2. The Morgan fingerprint density at radius 2 is 1.00 bits per heavy atom. The molecule has 1 saturated heterocycles. The molecule has 4 N–H and O–H groups in total. The molecule has 626 valence electrons. The van der Waals surface area contributed by atoms with E-state index in [0.29, 0.717) is 108 Å². The van der Waals surface area contributed by atoms with Gasteiger partial charge >= 0.3 is 12.1 Å². The molecule has 2 bridgehead atoms. The zero-order chi connectivity index (χ0) is 84.7. The van der Waals surface area contributed by atoms with Crippen molar-refractivity contribution in [3.8, 4) is 33.8 Å². The van der Waals surface area contributed by atoms with Crippen LogP contribution in [-0.4, -0.2) is 108 Å². The average molecular weight is 1770 g/mol. The second kappa shape index (κ2) is 45.5. The predicted molar refractivity (Wildman–Crippen MR) is 465 cm³/mol. The first-order valence-corrected chi connectivity index (χ1v) is 41.4. The number of ketones is 2. The van der Waals surface area contributed by atoms with Crippen LogP contribution in [0.15, 0.2) is 163 Å². The van der Waals surface area contributed by atoms with Crippen LogP contribution < -0.4 is 0 Å². The number of hydrogen-bond acceptors (Lipinski definition) is 19. The summed E-state index contributed by atoms with van der Waals surface area (Å²) in [7, 11) is 0. The quantitative estimate of drug-likeness (QED) is 0.00907. The van der Waals surface area contributed by atoms with E-state index in [1.165, 1.54) is 26.0 Å². The zero-order valence-corrected chi connectivity index (χ0v) is 72.9. The molecule has 6 fully saturated rings. The number of esters is 1. The summed E-state index contributed by atoms with van der Waals surface area (Å²) in [6, 6.07) is 43.2. The highest BCUT2D eigenvalue weighted by molar-refractivity contribution is 6.70. The van der Waals surface area contributed by atoms with Crippen molar-refractivity contribution in [1.82, 2.24) is 20.4 Å². The predicted octanol–water partition coefficient (Wildman–Crippen LogP) is 24.1. The molecule has 28 heteroatoms. The molecule has 0 unspecified atom stereocenters. The Balaban J connectivity index is 0.000000171. The number of hydrogen-bond donors (Lipinski definition) is 4. The molecule has 7 aromatic carbocycles. The molecule has 3 atom stereocenters. The summed E-state index contributed by atoms with van der Waals surface area (Å²) in [5, 5.41) is 57.7. The Morgan fingerprint density at radius 1 is 0.551 bits per heavy atom. The first kappa shape index (κ1) is 94.6. The van der Waals surface area contributed by atoms with Gasteiger partial charge in [-0.25, -0.2) is 9.59 Å². The van der Waals surface area contributed by atoms with Crippen molar-refractivity contribution in [2.45, 2.75) is 175 Å². The molecule has 1 amide bonds. The number of alkyl halides is 1. The Labute approximate surface area is 727 Å². The number of ether oxygens (including phenoxy) is 2. The number of aliphatic hydroxyl groups is 2. The summed E-state index contributed by atoms with van der Waals surface area (Å²) in [4.78, 5) is 57.5. The van der Waals surface area contributed by atoms with Crippen LogP contribution in [0.3, 0.4) is 0 Å². The van der Waals surface area contributed by atoms with Gasteiger partial charge in [-0.3, -0.25) is 14.4 Å². The molecular formula is C90H95Cl8N6O14-. The van der Waals surface area contributed by atoms with E-state index in [1.54, 1.807) is 36.1 Å². The number of nitrogens with zero attached hydrogens (tertiary/aromatic N) is 6. The van der Waals surface area contributed by atoms with Crippen molar-refractivity contribution in [2.24, 2.45) is 22.1 Å². The summed E-state index contributed by atoms with van der Waals surface area (Å²) in [6.07, 6.45) is 12.0. The number of oxime groups is 2. The first-order chi connectivity index (χ1) is 56.2. The van der Waals surface area contributed by atoms with Gasteiger partial charge in [0.2, 0.25) is 0 Å². The van der Waals surface area contributed by atoms with Crippen LogP contribution in [0, 0.1) is 60.8 Å². The molecule has 4 heterocycles. The van der Waals surface area contributed by atoms with Crippen molar-refractivity contribution in [3.05, 3.63) is 267 Å². The Bertz CT molecular complexity index is 4920. The van der Waals surface area contributed by atoms with Crippen molar-refractivity contribution >= 4 is 134 Å². The number of benzene rings is 7. The van der Waals surface area contributed by atoms with Crippen LogP contribution in [-0.2, 0) is 38.2 Å². The smallest absolute Gasteiger partial charge is 0.410 e. The molecule has 0 radical (unpaired) electrons. The lowest BCUT2D eigenvalue weighted by atomic mass is 10.0. The minimum Gasteiger partial charge on any atom is -0.462 e. The highest BCUT2D eigenvalue weighted by Gasteiger charge is 2.47. The molecule has 0 spiro atoms. The van der Waals surface area contributed by atoms with Gasteiger partial charge in [0.25, 0.3) is 0 Å². The van der Waals surface area contributed by atoms with Gasteiger partial charge in [0, 0.05) is 91.7 Å². The van der Waals surface area contributed by atoms with E-state index in [1.807, 2.05) is 157 Å². The Kier molecular flexibility index (Phi) is 36.5. The highest BCUT2D eigenvalue weighted by atomic mass is 35.5. The number of fused-ring (bicyclic) bond motifs is 2. The second-order valence-electron chi connectivity index (χ2n) is 29.0. The van der Waals surface area contributed by atoms with E-state index < -0.39 is 5.97 Å². The second-order valence-corrected chi connectivity index (χ2v) is 32.1. The standard InChI is InChI=1S/C16H16ClNO3.C14H13Cl2NO.C14H14ClNO2.C14H17NO3.C8H7Cl2NO.C8H8ClNO.C8H7ClO.C7H10O2.CH3/c1-3-20-16(19)13-14(18-21-15(13)10-7-8-10)12-9(2)5-4-6-11(12)17;1-8-3-2-4-11(16)12(8)13-10(7-15)14(18-17-13)9-5-6-9;1-8-3-2-4-11(15)12(8)13-10(7-17)14(18-16-13)9-5-6-9;16-13-7-12-6-11(13)8-15(12)14(17)18-9-10-4-2-1-3-5-10;1-5-3-2-4-6(9)7(5)8(10)11-12;1-6-3-2-4-8(9)7(6)5-10-11;1-6-3-2-4-8(9)7(6)5-10;1-5(8)4-7(9)6-2-3-6;/h4-6,10H,3,7-8H2,1-2H3;2-4,9H,5-7H2,1H3;2-4,9,17H,5-7H2,1H3;1-5,11-13,16H,6-9H2;2-4,12H,1H3;2-5,11H,1H3;2-5H,1H3;6H,2-4H2,1H3;1H3/q;;;;;;;;-1/b;;;;11-8-;10-5+;;;/t;;;11-,12-,13+;;;;;/m...0...../s1. The molecule has 5 saturated carbocycles. The van der Waals surface area contributed by atoms with E-state index in [4.69, 9.17) is 126 Å². The van der Waals surface area contributed by atoms with E-state index in [-0.39, 0.29) is 73.2 Å². The normalized spacial score (nSPS) is 16.0. The van der Waals surface area contributed by atoms with E-state index in [0.717, 1.165) is 141 Å². The van der Waals surface area contributed by atoms with Crippen molar-refractivity contribution < 1.29 is 67.6 Å². The molecule has 10 aromatic rings. The summed E-state index contributed by atoms with van der Waals surface area (Å²) >= 11 is 47.8. The van der Waals surface area contributed by atoms with Crippen LogP contribution in [0.2, 0.25) is 30.1 Å². The molecule has 5 aliphatic carbocycles. The number of piperidine rings is 1. The van der Waals surface area contributed by atoms with Gasteiger partial charge in [-0.15, -0.1) is 11.6 Å². The summed E-state index contributed by atoms with van der Waals surface area (Å²) in [5.74, 6) is 4.24. The maximum absolute atomic E-state index is 12.3. The lowest BCUT2D eigenvalue weighted by Gasteiger charge is -2.28. The number of likely N-dealkylation sites (tertiary alicyclic amines) is 1. The Morgan fingerprint density at radius 3 is 1.41 bits per heavy atom. The van der Waals surface area contributed by atoms with E-state index >= 15 is 0 Å². The van der Waals surface area contributed by atoms with Crippen LogP contribution in [0.25, 0.3) is 33.8 Å². The number of halogens is 8. The number of amides is 1. The monoisotopic (exact) mass is 1760 g/mol. The first-order valence-electron chi connectivity index (χ1n) is 38.2. The molecule has 3 aromatic heterocycles. The van der Waals surface area contributed by atoms with Gasteiger partial charge < -0.3 is 56.0 Å². The molecule has 20 nitrogen and oxygen atoms in total. The molecular weight excluding hydrogens is 1670 g/mol. The molecule has 16 rings (SSSR count). The summed E-state index contributed by atoms with van der Waals surface area (Å²) in [5.41, 5.74) is 15.5. The zero-order valence-electron chi connectivity index (χ0n) is 66.9. The van der Waals surface area contributed by atoms with Gasteiger partial charge in [0.05, 0.1) is 62.9 Å². The van der Waals surface area contributed by atoms with Crippen LogP contribution in [0.5, 0.6) is 0 Å². The average Bonchev–Trinajstić information content (AvgIpc) is 1.63.